The second-order valence-electron chi connectivity index (χ2n) is 9.10. The number of piperidine rings is 1. The maximum Gasteiger partial charge on any atom is 0.254 e. The van der Waals surface area contributed by atoms with Gasteiger partial charge in [-0.15, -0.1) is 0 Å². The molecule has 1 saturated heterocycles. The van der Waals surface area contributed by atoms with Crippen LogP contribution in [0.3, 0.4) is 0 Å². The molecule has 3 aromatic carbocycles. The molecule has 5 rings (SSSR count). The van der Waals surface area contributed by atoms with Gasteiger partial charge in [-0.2, -0.15) is 0 Å². The predicted molar refractivity (Wildman–Crippen MR) is 141 cm³/mol. The van der Waals surface area contributed by atoms with Gasteiger partial charge in [0, 0.05) is 47.6 Å². The number of nitrogens with zero attached hydrogens (tertiary/aromatic N) is 2. The standard InChI is InChI=1S/C29H28N4O3/c1-2-22-18-26(34)32-27(30-22)21-9-5-10-23(17-21)31-28(35)20-13-15-33(16-14-20)29(36)25-12-6-8-19-7-3-4-11-24(19)25/h3-12,17-18,20H,2,13-16H2,1H3,(H,31,35)(H,30,32,34). The van der Waals surface area contributed by atoms with Crippen molar-refractivity contribution in [3.05, 3.63) is 94.4 Å². The van der Waals surface area contributed by atoms with Crippen molar-refractivity contribution >= 4 is 28.3 Å². The first-order valence-electron chi connectivity index (χ1n) is 12.3. The lowest BCUT2D eigenvalue weighted by Gasteiger charge is -2.31. The monoisotopic (exact) mass is 480 g/mol. The highest BCUT2D eigenvalue weighted by Gasteiger charge is 2.28. The average molecular weight is 481 g/mol. The van der Waals surface area contributed by atoms with E-state index in [9.17, 15) is 14.4 Å². The number of hydrogen-bond donors (Lipinski definition) is 2. The third-order valence-electron chi connectivity index (χ3n) is 6.73. The van der Waals surface area contributed by atoms with E-state index >= 15 is 0 Å². The molecule has 1 fully saturated rings. The molecule has 2 amide bonds. The number of aromatic nitrogens is 2. The van der Waals surface area contributed by atoms with Crippen LogP contribution < -0.4 is 10.9 Å². The number of benzene rings is 3. The van der Waals surface area contributed by atoms with Crippen molar-refractivity contribution in [2.45, 2.75) is 26.2 Å². The summed E-state index contributed by atoms with van der Waals surface area (Å²) in [7, 11) is 0. The Labute approximate surface area is 209 Å². The van der Waals surface area contributed by atoms with Crippen LogP contribution in [0.1, 0.15) is 35.8 Å². The van der Waals surface area contributed by atoms with Crippen molar-refractivity contribution in [2.24, 2.45) is 5.92 Å². The van der Waals surface area contributed by atoms with E-state index in [0.29, 0.717) is 55.1 Å². The zero-order valence-corrected chi connectivity index (χ0v) is 20.2. The summed E-state index contributed by atoms with van der Waals surface area (Å²) in [5.41, 5.74) is 2.60. The maximum absolute atomic E-state index is 13.2. The second-order valence-corrected chi connectivity index (χ2v) is 9.10. The van der Waals surface area contributed by atoms with Gasteiger partial charge < -0.3 is 15.2 Å². The summed E-state index contributed by atoms with van der Waals surface area (Å²) in [4.78, 5) is 47.3. The van der Waals surface area contributed by atoms with Crippen LogP contribution >= 0.6 is 0 Å². The quantitative estimate of drug-likeness (QED) is 0.435. The molecule has 0 unspecified atom stereocenters. The van der Waals surface area contributed by atoms with E-state index in [1.807, 2.05) is 78.6 Å². The van der Waals surface area contributed by atoms with Crippen molar-refractivity contribution < 1.29 is 9.59 Å². The first kappa shape index (κ1) is 23.5. The topological polar surface area (TPSA) is 95.2 Å². The van der Waals surface area contributed by atoms with Crippen molar-refractivity contribution in [2.75, 3.05) is 18.4 Å². The minimum absolute atomic E-state index is 0.00848. The van der Waals surface area contributed by atoms with Crippen molar-refractivity contribution in [1.29, 1.82) is 0 Å². The molecule has 7 heteroatoms. The summed E-state index contributed by atoms with van der Waals surface area (Å²) in [6.45, 7) is 3.02. The van der Waals surface area contributed by atoms with E-state index in [1.54, 1.807) is 0 Å². The Hall–Kier alpha value is -4.26. The first-order chi connectivity index (χ1) is 17.5. The molecule has 2 N–H and O–H groups in total. The van der Waals surface area contributed by atoms with Crippen LogP contribution in [0.2, 0.25) is 0 Å². The predicted octanol–water partition coefficient (Wildman–Crippen LogP) is 4.64. The van der Waals surface area contributed by atoms with Crippen LogP contribution in [0.5, 0.6) is 0 Å². The van der Waals surface area contributed by atoms with E-state index in [4.69, 9.17) is 0 Å². The number of anilines is 1. The number of likely N-dealkylation sites (tertiary alicyclic amines) is 1. The number of rotatable bonds is 5. The molecule has 0 spiro atoms. The van der Waals surface area contributed by atoms with Crippen LogP contribution in [-0.4, -0.2) is 39.8 Å². The van der Waals surface area contributed by atoms with Crippen LogP contribution in [0, 0.1) is 5.92 Å². The molecule has 1 aliphatic rings. The fourth-order valence-corrected chi connectivity index (χ4v) is 4.74. The summed E-state index contributed by atoms with van der Waals surface area (Å²) in [5, 5.41) is 4.99. The summed E-state index contributed by atoms with van der Waals surface area (Å²) < 4.78 is 0. The van der Waals surface area contributed by atoms with E-state index < -0.39 is 0 Å². The molecule has 0 saturated carbocycles. The van der Waals surface area contributed by atoms with E-state index in [-0.39, 0.29) is 23.3 Å². The summed E-state index contributed by atoms with van der Waals surface area (Å²) in [5.74, 6) is 0.254. The Morgan fingerprint density at radius 1 is 1.00 bits per heavy atom. The van der Waals surface area contributed by atoms with Gasteiger partial charge in [-0.1, -0.05) is 55.5 Å². The summed E-state index contributed by atoms with van der Waals surface area (Å²) >= 11 is 0. The van der Waals surface area contributed by atoms with Crippen LogP contribution in [-0.2, 0) is 11.2 Å². The highest BCUT2D eigenvalue weighted by Crippen LogP contribution is 2.25. The van der Waals surface area contributed by atoms with Crippen LogP contribution in [0.4, 0.5) is 5.69 Å². The largest absolute Gasteiger partial charge is 0.339 e. The van der Waals surface area contributed by atoms with Gasteiger partial charge in [-0.25, -0.2) is 4.98 Å². The normalized spacial score (nSPS) is 14.1. The fraction of sp³-hybridized carbons (Fsp3) is 0.241. The molecule has 4 aromatic rings. The molecule has 2 heterocycles. The number of carbonyl (C=O) groups excluding carboxylic acids is 2. The molecule has 0 bridgehead atoms. The van der Waals surface area contributed by atoms with Gasteiger partial charge in [-0.3, -0.25) is 14.4 Å². The van der Waals surface area contributed by atoms with Crippen LogP contribution in [0.15, 0.2) is 77.6 Å². The van der Waals surface area contributed by atoms with Gasteiger partial charge >= 0.3 is 0 Å². The Morgan fingerprint density at radius 2 is 1.75 bits per heavy atom. The van der Waals surface area contributed by atoms with Gasteiger partial charge in [-0.05, 0) is 48.2 Å². The number of aromatic amines is 1. The smallest absolute Gasteiger partial charge is 0.254 e. The average Bonchev–Trinajstić information content (AvgIpc) is 2.92. The number of nitrogens with one attached hydrogen (secondary N) is 2. The third-order valence-corrected chi connectivity index (χ3v) is 6.73. The van der Waals surface area contributed by atoms with Gasteiger partial charge in [0.05, 0.1) is 0 Å². The first-order valence-corrected chi connectivity index (χ1v) is 12.3. The Morgan fingerprint density at radius 3 is 2.56 bits per heavy atom. The lowest BCUT2D eigenvalue weighted by Crippen LogP contribution is -2.41. The number of hydrogen-bond acceptors (Lipinski definition) is 4. The highest BCUT2D eigenvalue weighted by atomic mass is 16.2. The van der Waals surface area contributed by atoms with Gasteiger partial charge in [0.15, 0.2) is 0 Å². The second kappa shape index (κ2) is 10.2. The van der Waals surface area contributed by atoms with Crippen LogP contribution in [0.25, 0.3) is 22.2 Å². The van der Waals surface area contributed by atoms with Gasteiger partial charge in [0.1, 0.15) is 5.82 Å². The lowest BCUT2D eigenvalue weighted by atomic mass is 9.94. The Balaban J connectivity index is 1.24. The van der Waals surface area contributed by atoms with Crippen molar-refractivity contribution in [3.8, 4) is 11.4 Å². The molecule has 7 nitrogen and oxygen atoms in total. The zero-order chi connectivity index (χ0) is 25.1. The number of aryl methyl sites for hydroxylation is 1. The lowest BCUT2D eigenvalue weighted by molar-refractivity contribution is -0.121. The fourth-order valence-electron chi connectivity index (χ4n) is 4.74. The van der Waals surface area contributed by atoms with E-state index in [0.717, 1.165) is 16.3 Å². The molecular weight excluding hydrogens is 452 g/mol. The minimum Gasteiger partial charge on any atom is -0.339 e. The Bertz CT molecular complexity index is 1480. The Kier molecular flexibility index (Phi) is 6.62. The molecule has 0 atom stereocenters. The number of fused-ring (bicyclic) bond motifs is 1. The highest BCUT2D eigenvalue weighted by molar-refractivity contribution is 6.07. The summed E-state index contributed by atoms with van der Waals surface area (Å²) in [6.07, 6.45) is 1.87. The molecule has 0 radical (unpaired) electrons. The van der Waals surface area contributed by atoms with Crippen molar-refractivity contribution in [1.82, 2.24) is 14.9 Å². The molecule has 1 aliphatic heterocycles. The minimum atomic E-state index is -0.198. The van der Waals surface area contributed by atoms with Crippen molar-refractivity contribution in [3.63, 3.8) is 0 Å². The molecular formula is C29H28N4O3. The molecule has 0 aliphatic carbocycles. The van der Waals surface area contributed by atoms with E-state index in [2.05, 4.69) is 15.3 Å². The van der Waals surface area contributed by atoms with Gasteiger partial charge in [0.25, 0.3) is 11.5 Å². The van der Waals surface area contributed by atoms with Gasteiger partial charge in [0.2, 0.25) is 5.91 Å². The molecule has 182 valence electrons. The molecule has 1 aromatic heterocycles. The summed E-state index contributed by atoms with van der Waals surface area (Å²) in [6, 6.07) is 22.5. The maximum atomic E-state index is 13.2. The molecule has 36 heavy (non-hydrogen) atoms. The zero-order valence-electron chi connectivity index (χ0n) is 20.2. The third kappa shape index (κ3) is 4.91. The van der Waals surface area contributed by atoms with E-state index in [1.165, 1.54) is 6.07 Å². The number of carbonyl (C=O) groups is 2. The number of H-pyrrole nitrogens is 1. The SMILES string of the molecule is CCc1cc(=O)[nH]c(-c2cccc(NC(=O)C3CCN(C(=O)c4cccc5ccccc45)CC3)c2)n1. The number of amides is 2.